The van der Waals surface area contributed by atoms with E-state index in [1.165, 1.54) is 0 Å². The molecule has 2 aromatic rings. The van der Waals surface area contributed by atoms with Crippen LogP contribution in [0.3, 0.4) is 0 Å². The van der Waals surface area contributed by atoms with Crippen LogP contribution in [-0.2, 0) is 0 Å². The summed E-state index contributed by atoms with van der Waals surface area (Å²) in [6.45, 7) is 0. The molecule has 0 aliphatic rings. The van der Waals surface area contributed by atoms with Gasteiger partial charge in [0.05, 0.1) is 11.4 Å². The normalized spacial score (nSPS) is 8.19. The lowest BCUT2D eigenvalue weighted by atomic mass is 10.3. The van der Waals surface area contributed by atoms with Gasteiger partial charge in [0.1, 0.15) is 17.2 Å². The van der Waals surface area contributed by atoms with Crippen molar-refractivity contribution >= 4 is 49.2 Å². The number of aliphatic imine (C=N–C) groups is 2. The van der Waals surface area contributed by atoms with Crippen LogP contribution in [-0.4, -0.2) is 17.2 Å². The predicted octanol–water partition coefficient (Wildman–Crippen LogP) is 6.44. The lowest BCUT2D eigenvalue weighted by molar-refractivity contribution is 0.613. The minimum atomic E-state index is -0.438. The van der Waals surface area contributed by atoms with Crippen LogP contribution in [0.2, 0.25) is 0 Å². The number of alkyl halides is 4. The van der Waals surface area contributed by atoms with E-state index in [1.54, 1.807) is 0 Å². The predicted molar refractivity (Wildman–Crippen MR) is 91.9 cm³/mol. The van der Waals surface area contributed by atoms with Gasteiger partial charge in [-0.1, -0.05) is 68.3 Å². The summed E-state index contributed by atoms with van der Waals surface area (Å²) in [6, 6.07) is 21.9. The molecule has 0 saturated carbocycles. The summed E-state index contributed by atoms with van der Waals surface area (Å²) in [5, 5.41) is 0. The topological polar surface area (TPSA) is 24.7 Å². The number of benzene rings is 2. The number of hydrogen-bond acceptors (Lipinski definition) is 2. The quantitative estimate of drug-likeness (QED) is 0.395. The summed E-state index contributed by atoms with van der Waals surface area (Å²) in [5.41, 5.74) is 0.842. The van der Waals surface area contributed by atoms with Crippen LogP contribution in [0.5, 0.6) is 0 Å². The van der Waals surface area contributed by atoms with E-state index in [4.69, 9.17) is 0 Å². The molecule has 21 heavy (non-hydrogen) atoms. The van der Waals surface area contributed by atoms with Crippen molar-refractivity contribution in [1.29, 1.82) is 0 Å². The molecule has 0 N–H and O–H groups in total. The third-order valence-corrected chi connectivity index (χ3v) is 1.87. The second-order valence-electron chi connectivity index (χ2n) is 3.20. The Morgan fingerprint density at radius 2 is 1.00 bits per heavy atom. The molecule has 112 valence electrons. The first-order chi connectivity index (χ1) is 10.3. The van der Waals surface area contributed by atoms with Gasteiger partial charge < -0.3 is 0 Å². The lowest BCUT2D eigenvalue weighted by Crippen LogP contribution is -1.63. The Hall–Kier alpha value is -1.36. The van der Waals surface area contributed by atoms with Crippen molar-refractivity contribution in [3.63, 3.8) is 0 Å². The average Bonchev–Trinajstić information content (AvgIpc) is 2.51. The summed E-state index contributed by atoms with van der Waals surface area (Å²) >= 11 is 4.96. The standard InChI is InChI=1S/C13H10N2.2CH2BrF/c1-3-7-12(8-4-1)14-11-15-13-9-5-2-6-10-13;2*2-1-3/h1-10H;2*1H2. The molecule has 0 spiro atoms. The Balaban J connectivity index is 0.000000578. The SMILES string of the molecule is C(=Nc1ccccc1)=Nc1ccccc1.FCBr.FCBr. The summed E-state index contributed by atoms with van der Waals surface area (Å²) in [7, 11) is 0. The maximum Gasteiger partial charge on any atom is 0.144 e. The molecule has 0 aromatic heterocycles. The van der Waals surface area contributed by atoms with Gasteiger partial charge in [-0.05, 0) is 24.3 Å². The maximum absolute atomic E-state index is 10.2. The van der Waals surface area contributed by atoms with E-state index in [2.05, 4.69) is 47.9 Å². The molecule has 0 saturated heterocycles. The van der Waals surface area contributed by atoms with Gasteiger partial charge in [-0.25, -0.2) is 8.78 Å². The van der Waals surface area contributed by atoms with Crippen molar-refractivity contribution in [2.75, 3.05) is 11.2 Å². The Morgan fingerprint density at radius 3 is 1.29 bits per heavy atom. The molecular formula is C15H14Br2F2N2. The summed E-state index contributed by atoms with van der Waals surface area (Å²) < 4.78 is 20.4. The largest absolute Gasteiger partial charge is 0.239 e. The molecule has 0 aliphatic heterocycles. The van der Waals surface area contributed by atoms with Gasteiger partial charge in [0.2, 0.25) is 0 Å². The van der Waals surface area contributed by atoms with Crippen LogP contribution in [0, 0.1) is 0 Å². The van der Waals surface area contributed by atoms with Crippen LogP contribution in [0.4, 0.5) is 20.2 Å². The van der Waals surface area contributed by atoms with Gasteiger partial charge in [-0.2, -0.15) is 9.98 Å². The fraction of sp³-hybridized carbons (Fsp3) is 0.133. The minimum Gasteiger partial charge on any atom is -0.239 e. The van der Waals surface area contributed by atoms with Crippen molar-refractivity contribution < 1.29 is 8.78 Å². The first-order valence-corrected chi connectivity index (χ1v) is 8.03. The molecule has 0 unspecified atom stereocenters. The molecule has 6 heteroatoms. The van der Waals surface area contributed by atoms with E-state index in [0.717, 1.165) is 11.4 Å². The van der Waals surface area contributed by atoms with Crippen LogP contribution in [0.25, 0.3) is 0 Å². The Bertz CT molecular complexity index is 470. The van der Waals surface area contributed by atoms with E-state index in [-0.39, 0.29) is 0 Å². The molecule has 0 aliphatic carbocycles. The average molecular weight is 420 g/mol. The van der Waals surface area contributed by atoms with Crippen LogP contribution >= 0.6 is 31.9 Å². The van der Waals surface area contributed by atoms with Crippen LogP contribution in [0.15, 0.2) is 70.6 Å². The first-order valence-electron chi connectivity index (χ1n) is 5.78. The molecule has 2 aromatic carbocycles. The zero-order valence-corrected chi connectivity index (χ0v) is 14.3. The van der Waals surface area contributed by atoms with E-state index in [9.17, 15) is 8.78 Å². The maximum atomic E-state index is 10.2. The number of nitrogens with zero attached hydrogens (tertiary/aromatic N) is 2. The summed E-state index contributed by atoms with van der Waals surface area (Å²) in [4.78, 5) is 8.17. The van der Waals surface area contributed by atoms with Crippen molar-refractivity contribution in [2.24, 2.45) is 9.98 Å². The minimum absolute atomic E-state index is 0.438. The molecule has 0 radical (unpaired) electrons. The number of hydrogen-bond donors (Lipinski definition) is 0. The third-order valence-electron chi connectivity index (χ3n) is 1.87. The van der Waals surface area contributed by atoms with Gasteiger partial charge in [0.25, 0.3) is 0 Å². The van der Waals surface area contributed by atoms with Crippen LogP contribution < -0.4 is 0 Å². The highest BCUT2D eigenvalue weighted by Crippen LogP contribution is 2.10. The van der Waals surface area contributed by atoms with Gasteiger partial charge in [-0.3, -0.25) is 0 Å². The molecule has 2 rings (SSSR count). The molecule has 0 fully saturated rings. The summed E-state index contributed by atoms with van der Waals surface area (Å²) in [6.07, 6.45) is 0. The van der Waals surface area contributed by atoms with Crippen molar-refractivity contribution in [3.8, 4) is 0 Å². The van der Waals surface area contributed by atoms with Crippen LogP contribution in [0.1, 0.15) is 0 Å². The van der Waals surface area contributed by atoms with Gasteiger partial charge in [0.15, 0.2) is 0 Å². The summed E-state index contributed by atoms with van der Waals surface area (Å²) in [5.74, 6) is 0. The zero-order valence-electron chi connectivity index (χ0n) is 11.1. The highest BCUT2D eigenvalue weighted by Gasteiger charge is 1.83. The van der Waals surface area contributed by atoms with Crippen molar-refractivity contribution in [1.82, 2.24) is 0 Å². The number of rotatable bonds is 2. The van der Waals surface area contributed by atoms with Gasteiger partial charge in [0, 0.05) is 0 Å². The Morgan fingerprint density at radius 1 is 0.714 bits per heavy atom. The first kappa shape index (κ1) is 19.6. The molecule has 0 amide bonds. The lowest BCUT2D eigenvalue weighted by Gasteiger charge is -1.87. The van der Waals surface area contributed by atoms with E-state index < -0.39 is 11.2 Å². The number of para-hydroxylation sites is 2. The van der Waals surface area contributed by atoms with E-state index >= 15 is 0 Å². The smallest absolute Gasteiger partial charge is 0.144 e. The van der Waals surface area contributed by atoms with E-state index in [1.807, 2.05) is 60.7 Å². The highest BCUT2D eigenvalue weighted by molar-refractivity contribution is 9.09. The number of halogens is 4. The Labute approximate surface area is 139 Å². The second kappa shape index (κ2) is 15.0. The third kappa shape index (κ3) is 12.1. The molecule has 0 bridgehead atoms. The molecular weight excluding hydrogens is 406 g/mol. The second-order valence-corrected chi connectivity index (χ2v) is 4.04. The molecule has 0 heterocycles. The van der Waals surface area contributed by atoms with Crippen molar-refractivity contribution in [3.05, 3.63) is 60.7 Å². The van der Waals surface area contributed by atoms with Crippen molar-refractivity contribution in [2.45, 2.75) is 0 Å². The highest BCUT2D eigenvalue weighted by atomic mass is 79.9. The van der Waals surface area contributed by atoms with Gasteiger partial charge >= 0.3 is 0 Å². The fourth-order valence-electron chi connectivity index (χ4n) is 1.15. The van der Waals surface area contributed by atoms with E-state index in [0.29, 0.717) is 0 Å². The molecule has 0 atom stereocenters. The molecule has 2 nitrogen and oxygen atoms in total. The Kier molecular flexibility index (Phi) is 14.1. The van der Waals surface area contributed by atoms with Gasteiger partial charge in [-0.15, -0.1) is 0 Å². The monoisotopic (exact) mass is 418 g/mol. The zero-order chi connectivity index (χ0) is 15.8. The fourth-order valence-corrected chi connectivity index (χ4v) is 1.15.